The van der Waals surface area contributed by atoms with Crippen molar-refractivity contribution in [1.82, 2.24) is 10.2 Å². The normalized spacial score (nSPS) is 20.9. The minimum Gasteiger partial charge on any atom is -0.299 e. The Hall–Kier alpha value is -1.73. The zero-order valence-corrected chi connectivity index (χ0v) is 13.0. The van der Waals surface area contributed by atoms with Crippen molar-refractivity contribution < 1.29 is 18.0 Å². The number of amides is 2. The lowest BCUT2D eigenvalue weighted by molar-refractivity contribution is -0.137. The zero-order valence-electron chi connectivity index (χ0n) is 12.2. The number of hydrogen-bond acceptors (Lipinski definition) is 5. The second kappa shape index (κ2) is 5.57. The maximum atomic E-state index is 11.8. The monoisotopic (exact) mass is 310 g/mol. The largest absolute Gasteiger partial charge is 0.299 e. The average Bonchev–Trinajstić information content (AvgIpc) is 2.65. The van der Waals surface area contributed by atoms with E-state index in [2.05, 4.69) is 5.32 Å². The number of nitrogens with zero attached hydrogens (tertiary/aromatic N) is 1. The minimum absolute atomic E-state index is 0.154. The van der Waals surface area contributed by atoms with Crippen LogP contribution in [0.4, 0.5) is 0 Å². The maximum absolute atomic E-state index is 11.8. The molecule has 2 rings (SSSR count). The van der Waals surface area contributed by atoms with Crippen LogP contribution in [0, 0.1) is 0 Å². The first kappa shape index (κ1) is 15.7. The summed E-state index contributed by atoms with van der Waals surface area (Å²) in [6, 6.07) is 5.81. The third-order valence-corrected chi connectivity index (χ3v) is 4.77. The number of benzene rings is 1. The van der Waals surface area contributed by atoms with Gasteiger partial charge in [0.15, 0.2) is 9.84 Å². The fourth-order valence-corrected chi connectivity index (χ4v) is 2.92. The van der Waals surface area contributed by atoms with E-state index < -0.39 is 15.9 Å². The predicted molar refractivity (Wildman–Crippen MR) is 77.3 cm³/mol. The van der Waals surface area contributed by atoms with Gasteiger partial charge in [0.05, 0.1) is 17.4 Å². The predicted octanol–water partition coefficient (Wildman–Crippen LogP) is 0.498. The van der Waals surface area contributed by atoms with Gasteiger partial charge in [-0.15, -0.1) is 0 Å². The fourth-order valence-electron chi connectivity index (χ4n) is 2.29. The lowest BCUT2D eigenvalue weighted by Crippen LogP contribution is -2.38. The zero-order chi connectivity index (χ0) is 15.8. The van der Waals surface area contributed by atoms with Crippen molar-refractivity contribution in [3.8, 4) is 0 Å². The van der Waals surface area contributed by atoms with E-state index in [1.807, 2.05) is 6.92 Å². The summed E-state index contributed by atoms with van der Waals surface area (Å²) < 4.78 is 22.8. The third-order valence-electron chi connectivity index (χ3n) is 3.64. The van der Waals surface area contributed by atoms with Crippen molar-refractivity contribution in [3.63, 3.8) is 0 Å². The second-order valence-corrected chi connectivity index (χ2v) is 7.29. The molecule has 1 aliphatic rings. The first-order valence-corrected chi connectivity index (χ1v) is 8.46. The Balaban J connectivity index is 2.09. The Bertz CT molecular complexity index is 667. The van der Waals surface area contributed by atoms with Crippen molar-refractivity contribution >= 4 is 21.7 Å². The van der Waals surface area contributed by atoms with Gasteiger partial charge >= 0.3 is 0 Å². The van der Waals surface area contributed by atoms with Gasteiger partial charge in [-0.2, -0.15) is 0 Å². The number of imide groups is 1. The molecule has 2 atom stereocenters. The lowest BCUT2D eigenvalue weighted by atomic mass is 10.1. The SMILES string of the molecule is CC(NC1CC(=O)N(C)C1=O)c1ccc(S(C)(=O)=O)cc1. The van der Waals surface area contributed by atoms with E-state index in [9.17, 15) is 18.0 Å². The molecule has 1 N–H and O–H groups in total. The maximum Gasteiger partial charge on any atom is 0.246 e. The van der Waals surface area contributed by atoms with Crippen LogP contribution < -0.4 is 5.32 Å². The van der Waals surface area contributed by atoms with Gasteiger partial charge in [-0.1, -0.05) is 12.1 Å². The van der Waals surface area contributed by atoms with Crippen LogP contribution in [0.2, 0.25) is 0 Å². The van der Waals surface area contributed by atoms with Crippen LogP contribution >= 0.6 is 0 Å². The smallest absolute Gasteiger partial charge is 0.246 e. The summed E-state index contributed by atoms with van der Waals surface area (Å²) in [7, 11) is -1.75. The van der Waals surface area contributed by atoms with Crippen molar-refractivity contribution in [2.45, 2.75) is 30.3 Å². The third kappa shape index (κ3) is 3.30. The molecule has 6 nitrogen and oxygen atoms in total. The molecule has 1 saturated heterocycles. The summed E-state index contributed by atoms with van der Waals surface area (Å²) in [4.78, 5) is 24.7. The van der Waals surface area contributed by atoms with E-state index in [1.165, 1.54) is 19.2 Å². The summed E-state index contributed by atoms with van der Waals surface area (Å²) in [6.07, 6.45) is 1.31. The number of hydrogen-bond donors (Lipinski definition) is 1. The van der Waals surface area contributed by atoms with Crippen molar-refractivity contribution in [2.75, 3.05) is 13.3 Å². The van der Waals surface area contributed by atoms with Gasteiger partial charge in [0.1, 0.15) is 0 Å². The highest BCUT2D eigenvalue weighted by molar-refractivity contribution is 7.90. The molecule has 0 aromatic heterocycles. The number of carbonyl (C=O) groups excluding carboxylic acids is 2. The van der Waals surface area contributed by atoms with Crippen molar-refractivity contribution in [3.05, 3.63) is 29.8 Å². The molecule has 1 fully saturated rings. The van der Waals surface area contributed by atoms with Crippen LogP contribution in [0.3, 0.4) is 0 Å². The Morgan fingerprint density at radius 1 is 1.24 bits per heavy atom. The van der Waals surface area contributed by atoms with E-state index in [-0.39, 0.29) is 29.2 Å². The van der Waals surface area contributed by atoms with Gasteiger partial charge in [-0.05, 0) is 24.6 Å². The van der Waals surface area contributed by atoms with Gasteiger partial charge in [-0.25, -0.2) is 8.42 Å². The lowest BCUT2D eigenvalue weighted by Gasteiger charge is -2.18. The number of sulfone groups is 1. The highest BCUT2D eigenvalue weighted by atomic mass is 32.2. The standard InChI is InChI=1S/C14H18N2O4S/c1-9(15-12-8-13(17)16(2)14(12)18)10-4-6-11(7-5-10)21(3,19)20/h4-7,9,12,15H,8H2,1-3H3. The first-order valence-electron chi connectivity index (χ1n) is 6.56. The molecule has 0 aliphatic carbocycles. The highest BCUT2D eigenvalue weighted by Crippen LogP contribution is 2.19. The molecular weight excluding hydrogens is 292 g/mol. The molecule has 1 aliphatic heterocycles. The summed E-state index contributed by atoms with van der Waals surface area (Å²) in [5, 5.41) is 3.10. The number of likely N-dealkylation sites (tertiary alicyclic amines) is 1. The molecule has 1 aromatic rings. The summed E-state index contributed by atoms with van der Waals surface area (Å²) in [6.45, 7) is 1.87. The Labute approximate surface area is 124 Å². The van der Waals surface area contributed by atoms with E-state index >= 15 is 0 Å². The number of carbonyl (C=O) groups is 2. The summed E-state index contributed by atoms with van der Waals surface area (Å²) in [5.41, 5.74) is 0.859. The first-order chi connectivity index (χ1) is 9.70. The Morgan fingerprint density at radius 2 is 1.81 bits per heavy atom. The molecular formula is C14H18N2O4S. The van der Waals surface area contributed by atoms with Gasteiger partial charge in [0, 0.05) is 19.3 Å². The van der Waals surface area contributed by atoms with E-state index in [0.29, 0.717) is 0 Å². The van der Waals surface area contributed by atoms with Crippen LogP contribution in [0.5, 0.6) is 0 Å². The van der Waals surface area contributed by atoms with E-state index in [0.717, 1.165) is 16.7 Å². The van der Waals surface area contributed by atoms with E-state index in [1.54, 1.807) is 12.1 Å². The molecule has 0 spiro atoms. The van der Waals surface area contributed by atoms with Crippen LogP contribution in [0.15, 0.2) is 29.2 Å². The quantitative estimate of drug-likeness (QED) is 0.819. The molecule has 2 unspecified atom stereocenters. The molecule has 1 heterocycles. The summed E-state index contributed by atoms with van der Waals surface area (Å²) >= 11 is 0. The van der Waals surface area contributed by atoms with Gasteiger partial charge in [0.25, 0.3) is 0 Å². The average molecular weight is 310 g/mol. The molecule has 1 aromatic carbocycles. The molecule has 0 bridgehead atoms. The van der Waals surface area contributed by atoms with Gasteiger partial charge in [0.2, 0.25) is 11.8 Å². The number of nitrogens with one attached hydrogen (secondary N) is 1. The summed E-state index contributed by atoms with van der Waals surface area (Å²) in [5.74, 6) is -0.434. The van der Waals surface area contributed by atoms with Crippen molar-refractivity contribution in [2.24, 2.45) is 0 Å². The van der Waals surface area contributed by atoms with Crippen molar-refractivity contribution in [1.29, 1.82) is 0 Å². The molecule has 7 heteroatoms. The minimum atomic E-state index is -3.22. The molecule has 21 heavy (non-hydrogen) atoms. The number of likely N-dealkylation sites (N-methyl/N-ethyl adjacent to an activating group) is 1. The fraction of sp³-hybridized carbons (Fsp3) is 0.429. The molecule has 114 valence electrons. The van der Waals surface area contributed by atoms with E-state index in [4.69, 9.17) is 0 Å². The topological polar surface area (TPSA) is 83.6 Å². The van der Waals surface area contributed by atoms with Crippen LogP contribution in [-0.2, 0) is 19.4 Å². The molecule has 0 radical (unpaired) electrons. The Kier molecular flexibility index (Phi) is 4.15. The second-order valence-electron chi connectivity index (χ2n) is 5.28. The Morgan fingerprint density at radius 3 is 2.24 bits per heavy atom. The molecule has 2 amide bonds. The highest BCUT2D eigenvalue weighted by Gasteiger charge is 2.36. The molecule has 0 saturated carbocycles. The van der Waals surface area contributed by atoms with Crippen LogP contribution in [0.25, 0.3) is 0 Å². The number of rotatable bonds is 4. The van der Waals surface area contributed by atoms with Crippen LogP contribution in [-0.4, -0.2) is 44.5 Å². The van der Waals surface area contributed by atoms with Gasteiger partial charge < -0.3 is 0 Å². The van der Waals surface area contributed by atoms with Gasteiger partial charge in [-0.3, -0.25) is 19.8 Å². The van der Waals surface area contributed by atoms with Crippen LogP contribution in [0.1, 0.15) is 24.9 Å².